The molecule has 0 aliphatic heterocycles. The molecule has 0 fully saturated rings. The fraction of sp³-hybridized carbons (Fsp3) is 0.154. The predicted octanol–water partition coefficient (Wildman–Crippen LogP) is 3.71. The summed E-state index contributed by atoms with van der Waals surface area (Å²) in [6.45, 7) is 7.13. The molecular weight excluding hydrogens is 175 g/mol. The van der Waals surface area contributed by atoms with Crippen molar-refractivity contribution in [2.75, 3.05) is 0 Å². The topological polar surface area (TPSA) is 0 Å². The Labute approximate surface area is 84.8 Å². The largest absolute Gasteiger partial charge is 0.207 e. The molecule has 0 aromatic carbocycles. The number of hydrogen-bond donors (Lipinski definition) is 0. The van der Waals surface area contributed by atoms with Gasteiger partial charge in [-0.15, -0.1) is 12.2 Å². The maximum absolute atomic E-state index is 12.7. The average molecular weight is 188 g/mol. The summed E-state index contributed by atoms with van der Waals surface area (Å²) in [4.78, 5) is 0. The van der Waals surface area contributed by atoms with Crippen LogP contribution in [0.1, 0.15) is 13.8 Å². The van der Waals surface area contributed by atoms with E-state index in [2.05, 4.69) is 18.2 Å². The quantitative estimate of drug-likeness (QED) is 0.360. The molecule has 1 heteroatoms. The first-order chi connectivity index (χ1) is 6.65. The van der Waals surface area contributed by atoms with E-state index in [1.165, 1.54) is 18.2 Å². The molecule has 72 valence electrons. The molecule has 0 aromatic rings. The molecule has 0 saturated heterocycles. The molecule has 14 heavy (non-hydrogen) atoms. The molecule has 0 bridgehead atoms. The SMILES string of the molecule is C#CC(=C=CC)C(=C)/C=C\C(F)=C/C. The summed E-state index contributed by atoms with van der Waals surface area (Å²) in [5.41, 5.74) is 3.94. The summed E-state index contributed by atoms with van der Waals surface area (Å²) < 4.78 is 12.7. The molecule has 0 saturated carbocycles. The third-order valence-corrected chi connectivity index (χ3v) is 1.47. The van der Waals surface area contributed by atoms with E-state index in [-0.39, 0.29) is 5.83 Å². The maximum Gasteiger partial charge on any atom is 0.118 e. The fourth-order valence-electron chi connectivity index (χ4n) is 0.731. The maximum atomic E-state index is 12.7. The predicted molar refractivity (Wildman–Crippen MR) is 59.2 cm³/mol. The fourth-order valence-corrected chi connectivity index (χ4v) is 0.731. The van der Waals surface area contributed by atoms with E-state index in [4.69, 9.17) is 6.42 Å². The van der Waals surface area contributed by atoms with E-state index < -0.39 is 0 Å². The lowest BCUT2D eigenvalue weighted by molar-refractivity contribution is 0.665. The lowest BCUT2D eigenvalue weighted by Gasteiger charge is -1.93. The standard InChI is InChI=1S/C13H13F/c1-5-8-12(6-2)11(4)9-10-13(14)7-3/h2,5,7,9-10H,4H2,1,3H3/b10-9-,13-7+. The average Bonchev–Trinajstić information content (AvgIpc) is 2.21. The van der Waals surface area contributed by atoms with Crippen LogP contribution < -0.4 is 0 Å². The van der Waals surface area contributed by atoms with Gasteiger partial charge in [0, 0.05) is 0 Å². The van der Waals surface area contributed by atoms with Gasteiger partial charge in [0.25, 0.3) is 0 Å². The number of hydrogen-bond acceptors (Lipinski definition) is 0. The van der Waals surface area contributed by atoms with E-state index >= 15 is 0 Å². The van der Waals surface area contributed by atoms with Gasteiger partial charge in [0.05, 0.1) is 5.57 Å². The van der Waals surface area contributed by atoms with Gasteiger partial charge >= 0.3 is 0 Å². The van der Waals surface area contributed by atoms with Gasteiger partial charge in [-0.05, 0) is 31.6 Å². The van der Waals surface area contributed by atoms with E-state index in [0.717, 1.165) is 0 Å². The summed E-state index contributed by atoms with van der Waals surface area (Å²) in [5.74, 6) is 2.11. The Bertz CT molecular complexity index is 367. The third-order valence-electron chi connectivity index (χ3n) is 1.47. The van der Waals surface area contributed by atoms with Gasteiger partial charge in [0.2, 0.25) is 0 Å². The Morgan fingerprint density at radius 2 is 2.00 bits per heavy atom. The van der Waals surface area contributed by atoms with Crippen molar-refractivity contribution < 1.29 is 4.39 Å². The molecular formula is C13H13F. The molecule has 0 spiro atoms. The van der Waals surface area contributed by atoms with E-state index in [9.17, 15) is 4.39 Å². The first kappa shape index (κ1) is 12.2. The summed E-state index contributed by atoms with van der Waals surface area (Å²) in [7, 11) is 0. The first-order valence-corrected chi connectivity index (χ1v) is 4.22. The minimum absolute atomic E-state index is 0.317. The van der Waals surface area contributed by atoms with Gasteiger partial charge in [-0.2, -0.15) is 0 Å². The second-order valence-electron chi connectivity index (χ2n) is 2.48. The van der Waals surface area contributed by atoms with Crippen LogP contribution in [-0.4, -0.2) is 0 Å². The van der Waals surface area contributed by atoms with Crippen molar-refractivity contribution in [1.29, 1.82) is 0 Å². The zero-order valence-electron chi connectivity index (χ0n) is 8.47. The van der Waals surface area contributed by atoms with Crippen LogP contribution in [0.5, 0.6) is 0 Å². The third kappa shape index (κ3) is 4.30. The van der Waals surface area contributed by atoms with E-state index in [1.807, 2.05) is 0 Å². The Hall–Kier alpha value is -1.77. The molecule has 0 aromatic heterocycles. The zero-order chi connectivity index (χ0) is 11.0. The molecule has 0 aliphatic rings. The van der Waals surface area contributed by atoms with Crippen LogP contribution in [-0.2, 0) is 0 Å². The molecule has 0 aliphatic carbocycles. The number of halogens is 1. The highest BCUT2D eigenvalue weighted by molar-refractivity contribution is 5.48. The smallest absolute Gasteiger partial charge is 0.118 e. The molecule has 0 unspecified atom stereocenters. The summed E-state index contributed by atoms with van der Waals surface area (Å²) in [5, 5.41) is 0. The van der Waals surface area contributed by atoms with Gasteiger partial charge in [0.1, 0.15) is 5.83 Å². The van der Waals surface area contributed by atoms with Crippen molar-refractivity contribution in [3.63, 3.8) is 0 Å². The van der Waals surface area contributed by atoms with Crippen LogP contribution in [0.3, 0.4) is 0 Å². The highest BCUT2D eigenvalue weighted by Gasteiger charge is 1.93. The minimum Gasteiger partial charge on any atom is -0.207 e. The molecule has 0 atom stereocenters. The van der Waals surface area contributed by atoms with Crippen molar-refractivity contribution in [2.24, 2.45) is 0 Å². The van der Waals surface area contributed by atoms with Gasteiger partial charge in [0.15, 0.2) is 0 Å². The van der Waals surface area contributed by atoms with E-state index in [0.29, 0.717) is 11.1 Å². The van der Waals surface area contributed by atoms with Gasteiger partial charge in [-0.25, -0.2) is 4.39 Å². The van der Waals surface area contributed by atoms with Gasteiger partial charge in [-0.3, -0.25) is 0 Å². The van der Waals surface area contributed by atoms with Gasteiger partial charge in [-0.1, -0.05) is 24.7 Å². The Balaban J connectivity index is 4.76. The van der Waals surface area contributed by atoms with Crippen LogP contribution in [0.4, 0.5) is 4.39 Å². The van der Waals surface area contributed by atoms with Crippen LogP contribution in [0.2, 0.25) is 0 Å². The van der Waals surface area contributed by atoms with Crippen LogP contribution in [0.15, 0.2) is 53.6 Å². The Morgan fingerprint density at radius 3 is 2.43 bits per heavy atom. The molecule has 0 heterocycles. The number of terminal acetylenes is 1. The van der Waals surface area contributed by atoms with E-state index in [1.54, 1.807) is 19.9 Å². The highest BCUT2D eigenvalue weighted by atomic mass is 19.1. The second kappa shape index (κ2) is 6.71. The van der Waals surface area contributed by atoms with Crippen molar-refractivity contribution >= 4 is 0 Å². The highest BCUT2D eigenvalue weighted by Crippen LogP contribution is 2.08. The summed E-state index contributed by atoms with van der Waals surface area (Å²) in [6.07, 6.45) is 11.1. The first-order valence-electron chi connectivity index (χ1n) is 4.22. The van der Waals surface area contributed by atoms with Crippen LogP contribution in [0.25, 0.3) is 0 Å². The number of rotatable bonds is 3. The minimum atomic E-state index is -0.317. The lowest BCUT2D eigenvalue weighted by atomic mass is 10.1. The molecule has 0 nitrogen and oxygen atoms in total. The number of allylic oxidation sites excluding steroid dienone is 6. The van der Waals surface area contributed by atoms with Crippen LogP contribution >= 0.6 is 0 Å². The van der Waals surface area contributed by atoms with Crippen molar-refractivity contribution in [3.8, 4) is 12.3 Å². The van der Waals surface area contributed by atoms with Gasteiger partial charge < -0.3 is 0 Å². The monoisotopic (exact) mass is 188 g/mol. The Kier molecular flexibility index (Phi) is 5.87. The molecule has 0 radical (unpaired) electrons. The normalized spacial score (nSPS) is 10.6. The second-order valence-corrected chi connectivity index (χ2v) is 2.48. The summed E-state index contributed by atoms with van der Waals surface area (Å²) in [6, 6.07) is 0. The lowest BCUT2D eigenvalue weighted by Crippen LogP contribution is -1.78. The van der Waals surface area contributed by atoms with Crippen LogP contribution in [0, 0.1) is 12.3 Å². The van der Waals surface area contributed by atoms with Crippen molar-refractivity contribution in [1.82, 2.24) is 0 Å². The Morgan fingerprint density at radius 1 is 1.36 bits per heavy atom. The summed E-state index contributed by atoms with van der Waals surface area (Å²) >= 11 is 0. The molecule has 0 N–H and O–H groups in total. The van der Waals surface area contributed by atoms with Crippen molar-refractivity contribution in [2.45, 2.75) is 13.8 Å². The molecule has 0 rings (SSSR count). The molecule has 0 amide bonds. The van der Waals surface area contributed by atoms with Crippen molar-refractivity contribution in [3.05, 3.63) is 53.6 Å². The zero-order valence-corrected chi connectivity index (χ0v) is 8.47.